The maximum absolute atomic E-state index is 14.0. The molecule has 1 atom stereocenters. The fourth-order valence-corrected chi connectivity index (χ4v) is 4.84. The number of benzene rings is 2. The topological polar surface area (TPSA) is 98.7 Å². The lowest BCUT2D eigenvalue weighted by Gasteiger charge is -2.27. The highest BCUT2D eigenvalue weighted by Gasteiger charge is 2.72. The summed E-state index contributed by atoms with van der Waals surface area (Å²) in [5.74, 6) is -12.3. The van der Waals surface area contributed by atoms with Crippen molar-refractivity contribution in [2.75, 3.05) is 11.1 Å². The Kier molecular flexibility index (Phi) is 6.25. The van der Waals surface area contributed by atoms with E-state index in [1.54, 1.807) is 37.3 Å². The van der Waals surface area contributed by atoms with Gasteiger partial charge in [0, 0.05) is 16.8 Å². The van der Waals surface area contributed by atoms with Gasteiger partial charge in [-0.05, 0) is 37.1 Å². The van der Waals surface area contributed by atoms with E-state index in [2.05, 4.69) is 20.4 Å². The van der Waals surface area contributed by atoms with Gasteiger partial charge in [0.1, 0.15) is 17.1 Å². The van der Waals surface area contributed by atoms with Gasteiger partial charge in [-0.2, -0.15) is 50.5 Å². The number of amides is 1. The molecule has 5 rings (SSSR count). The second kappa shape index (κ2) is 9.04. The molecule has 2 aromatic heterocycles. The number of hydrogen-bond donors (Lipinski definition) is 2. The highest BCUT2D eigenvalue weighted by atomic mass is 35.5. The number of nitrogen functional groups attached to an aromatic ring is 1. The number of nitrogens with two attached hydrogens (primary N) is 1. The summed E-state index contributed by atoms with van der Waals surface area (Å²) in [7, 11) is 0. The van der Waals surface area contributed by atoms with Crippen molar-refractivity contribution in [3.05, 3.63) is 70.4 Å². The van der Waals surface area contributed by atoms with Gasteiger partial charge in [0.05, 0.1) is 16.8 Å². The molecule has 1 aliphatic rings. The molecule has 2 aromatic carbocycles. The Labute approximate surface area is 226 Å². The highest BCUT2D eigenvalue weighted by Crippen LogP contribution is 2.49. The van der Waals surface area contributed by atoms with Gasteiger partial charge in [-0.25, -0.2) is 0 Å². The minimum atomic E-state index is -6.45. The Morgan fingerprint density at radius 2 is 1.70 bits per heavy atom. The zero-order chi connectivity index (χ0) is 29.3. The van der Waals surface area contributed by atoms with Crippen LogP contribution in [0.3, 0.4) is 0 Å². The predicted molar refractivity (Wildman–Crippen MR) is 132 cm³/mol. The molecule has 210 valence electrons. The minimum Gasteiger partial charge on any atom is -0.383 e. The normalized spacial score (nSPS) is 17.8. The number of fused-ring (bicyclic) bond motifs is 2. The van der Waals surface area contributed by atoms with Crippen LogP contribution < -0.4 is 11.1 Å². The van der Waals surface area contributed by atoms with Gasteiger partial charge in [0.15, 0.2) is 0 Å². The Morgan fingerprint density at radius 3 is 2.35 bits per heavy atom. The van der Waals surface area contributed by atoms with Crippen molar-refractivity contribution < 1.29 is 35.5 Å². The molecule has 15 heteroatoms. The van der Waals surface area contributed by atoms with Gasteiger partial charge in [0.25, 0.3) is 5.95 Å². The number of aryl methyl sites for hydroxylation is 1. The molecule has 0 radical (unpaired) electrons. The first-order chi connectivity index (χ1) is 18.6. The van der Waals surface area contributed by atoms with Crippen LogP contribution in [0.5, 0.6) is 0 Å². The zero-order valence-electron chi connectivity index (χ0n) is 20.3. The van der Waals surface area contributed by atoms with Gasteiger partial charge < -0.3 is 11.1 Å². The molecule has 40 heavy (non-hydrogen) atoms. The Bertz CT molecular complexity index is 1640. The number of carbonyl (C=O) groups excluding carboxylic acids is 1. The molecule has 0 fully saturated rings. The summed E-state index contributed by atoms with van der Waals surface area (Å²) in [6, 6.07) is 12.9. The standard InChI is InChI=1S/C25H18ClF7N6O/c1-22(12-5-3-2-4-6-12)17-18(34)35-21(37-19(17)36-20(22)40)39-16-8-7-13(26)11-14(16)15(38-39)9-10-23(27,28)24(29,30)25(31,32)33/h2-8,11H,9-10H2,1H3,(H3,34,35,36,37,40). The summed E-state index contributed by atoms with van der Waals surface area (Å²) in [6.07, 6.45) is -9.28. The SMILES string of the molecule is CC1(c2ccccc2)C(=O)Nc2nc(-n3nc(CCC(F)(F)C(F)(F)C(F)(F)F)c4cc(Cl)ccc43)nc(N)c21. The monoisotopic (exact) mass is 586 g/mol. The maximum Gasteiger partial charge on any atom is 0.459 e. The molecule has 1 amide bonds. The number of alkyl halides is 7. The summed E-state index contributed by atoms with van der Waals surface area (Å²) >= 11 is 6.02. The number of carbonyl (C=O) groups is 1. The zero-order valence-corrected chi connectivity index (χ0v) is 21.1. The lowest BCUT2D eigenvalue weighted by atomic mass is 9.78. The van der Waals surface area contributed by atoms with E-state index < -0.39 is 42.2 Å². The van der Waals surface area contributed by atoms with Crippen LogP contribution in [0.4, 0.5) is 42.4 Å². The van der Waals surface area contributed by atoms with Crippen molar-refractivity contribution >= 4 is 40.0 Å². The Balaban J connectivity index is 1.58. The van der Waals surface area contributed by atoms with Crippen LogP contribution in [0.25, 0.3) is 16.9 Å². The van der Waals surface area contributed by atoms with Gasteiger partial charge in [-0.15, -0.1) is 0 Å². The van der Waals surface area contributed by atoms with E-state index in [1.165, 1.54) is 18.2 Å². The first kappa shape index (κ1) is 27.6. The molecule has 0 spiro atoms. The van der Waals surface area contributed by atoms with E-state index in [0.717, 1.165) is 4.68 Å². The van der Waals surface area contributed by atoms with Crippen LogP contribution in [0.15, 0.2) is 48.5 Å². The van der Waals surface area contributed by atoms with Crippen LogP contribution in [0.2, 0.25) is 5.02 Å². The fraction of sp³-hybridized carbons (Fsp3) is 0.280. The van der Waals surface area contributed by atoms with E-state index in [4.69, 9.17) is 17.3 Å². The third kappa shape index (κ3) is 4.12. The molecule has 3 heterocycles. The summed E-state index contributed by atoms with van der Waals surface area (Å²) in [4.78, 5) is 21.7. The van der Waals surface area contributed by atoms with Crippen molar-refractivity contribution in [2.45, 2.75) is 43.2 Å². The van der Waals surface area contributed by atoms with E-state index in [9.17, 15) is 35.5 Å². The molecular weight excluding hydrogens is 569 g/mol. The predicted octanol–water partition coefficient (Wildman–Crippen LogP) is 6.07. The Hall–Kier alpha value is -3.94. The molecule has 0 saturated carbocycles. The maximum atomic E-state index is 14.0. The number of anilines is 2. The first-order valence-corrected chi connectivity index (χ1v) is 12.0. The molecule has 3 N–H and O–H groups in total. The van der Waals surface area contributed by atoms with Crippen molar-refractivity contribution in [1.82, 2.24) is 19.7 Å². The summed E-state index contributed by atoms with van der Waals surface area (Å²) < 4.78 is 93.8. The molecule has 1 aliphatic heterocycles. The van der Waals surface area contributed by atoms with Gasteiger partial charge in [-0.1, -0.05) is 41.9 Å². The van der Waals surface area contributed by atoms with Gasteiger partial charge in [-0.3, -0.25) is 4.79 Å². The number of aromatic nitrogens is 4. The van der Waals surface area contributed by atoms with Crippen LogP contribution in [0.1, 0.15) is 30.2 Å². The molecule has 7 nitrogen and oxygen atoms in total. The van der Waals surface area contributed by atoms with Crippen molar-refractivity contribution in [3.63, 3.8) is 0 Å². The van der Waals surface area contributed by atoms with E-state index in [-0.39, 0.29) is 39.2 Å². The Morgan fingerprint density at radius 1 is 1.02 bits per heavy atom. The third-order valence-corrected chi connectivity index (χ3v) is 7.10. The number of nitrogens with zero attached hydrogens (tertiary/aromatic N) is 4. The quantitative estimate of drug-likeness (QED) is 0.267. The molecule has 4 aromatic rings. The van der Waals surface area contributed by atoms with Gasteiger partial charge >= 0.3 is 18.0 Å². The van der Waals surface area contributed by atoms with Crippen LogP contribution in [-0.4, -0.2) is 43.7 Å². The van der Waals surface area contributed by atoms with E-state index in [1.807, 2.05) is 0 Å². The first-order valence-electron chi connectivity index (χ1n) is 11.6. The van der Waals surface area contributed by atoms with E-state index >= 15 is 0 Å². The second-order valence-corrected chi connectivity index (χ2v) is 9.81. The molecular formula is C25H18ClF7N6O. The second-order valence-electron chi connectivity index (χ2n) is 9.37. The number of nitrogens with one attached hydrogen (secondary N) is 1. The van der Waals surface area contributed by atoms with Crippen LogP contribution in [-0.2, 0) is 16.6 Å². The third-order valence-electron chi connectivity index (χ3n) is 6.86. The van der Waals surface area contributed by atoms with Gasteiger partial charge in [0.2, 0.25) is 5.91 Å². The summed E-state index contributed by atoms with van der Waals surface area (Å²) in [6.45, 7) is 1.64. The smallest absolute Gasteiger partial charge is 0.383 e. The van der Waals surface area contributed by atoms with Crippen molar-refractivity contribution in [3.8, 4) is 5.95 Å². The number of rotatable bonds is 6. The van der Waals surface area contributed by atoms with Crippen molar-refractivity contribution in [1.29, 1.82) is 0 Å². The lowest BCUT2D eigenvalue weighted by Crippen LogP contribution is -2.52. The minimum absolute atomic E-state index is 0.0642. The molecule has 0 aliphatic carbocycles. The fourth-order valence-electron chi connectivity index (χ4n) is 4.67. The number of halogens is 8. The van der Waals surface area contributed by atoms with Crippen LogP contribution >= 0.6 is 11.6 Å². The van der Waals surface area contributed by atoms with Crippen LogP contribution in [0, 0.1) is 0 Å². The molecule has 0 bridgehead atoms. The molecule has 1 unspecified atom stereocenters. The largest absolute Gasteiger partial charge is 0.459 e. The number of hydrogen-bond acceptors (Lipinski definition) is 5. The van der Waals surface area contributed by atoms with E-state index in [0.29, 0.717) is 11.1 Å². The lowest BCUT2D eigenvalue weighted by molar-refractivity contribution is -0.355. The summed E-state index contributed by atoms with van der Waals surface area (Å²) in [5.41, 5.74) is 5.87. The van der Waals surface area contributed by atoms with Crippen molar-refractivity contribution in [2.24, 2.45) is 0 Å². The summed E-state index contributed by atoms with van der Waals surface area (Å²) in [5, 5.41) is 7.01. The highest BCUT2D eigenvalue weighted by molar-refractivity contribution is 6.31. The average molecular weight is 587 g/mol. The molecule has 0 saturated heterocycles. The average Bonchev–Trinajstić information content (AvgIpc) is 3.37.